The second-order valence-electron chi connectivity index (χ2n) is 3.57. The maximum absolute atomic E-state index is 11.9. The van der Waals surface area contributed by atoms with E-state index in [-0.39, 0.29) is 11.5 Å². The Balaban J connectivity index is 2.49. The minimum absolute atomic E-state index is 0.201. The molecule has 1 aromatic rings. The number of aromatic nitrogens is 1. The van der Waals surface area contributed by atoms with E-state index in [0.29, 0.717) is 31.9 Å². The average molecular weight is 239 g/mol. The van der Waals surface area contributed by atoms with E-state index in [1.807, 2.05) is 0 Å². The number of rotatable bonds is 6. The number of pyridine rings is 1. The van der Waals surface area contributed by atoms with Gasteiger partial charge in [-0.25, -0.2) is 0 Å². The maximum atomic E-state index is 11.9. The molecule has 6 nitrogen and oxygen atoms in total. The quantitative estimate of drug-likeness (QED) is 0.650. The van der Waals surface area contributed by atoms with Crippen molar-refractivity contribution in [3.63, 3.8) is 0 Å². The van der Waals surface area contributed by atoms with E-state index >= 15 is 0 Å². The molecule has 1 amide bonds. The molecule has 0 unspecified atom stereocenters. The van der Waals surface area contributed by atoms with E-state index in [1.165, 1.54) is 17.2 Å². The van der Waals surface area contributed by atoms with Crippen molar-refractivity contribution in [1.82, 2.24) is 9.88 Å². The van der Waals surface area contributed by atoms with Crippen LogP contribution in [0.2, 0.25) is 0 Å². The first-order valence-corrected chi connectivity index (χ1v) is 5.37. The molecule has 0 atom stereocenters. The number of H-pyrrole nitrogens is 1. The van der Waals surface area contributed by atoms with Crippen LogP contribution < -0.4 is 11.3 Å². The zero-order valence-electron chi connectivity index (χ0n) is 9.81. The minimum Gasteiger partial charge on any atom is -0.378 e. The lowest BCUT2D eigenvalue weighted by Gasteiger charge is -2.16. The Morgan fingerprint density at radius 1 is 1.53 bits per heavy atom. The van der Waals surface area contributed by atoms with Gasteiger partial charge in [0.1, 0.15) is 0 Å². The molecule has 94 valence electrons. The summed E-state index contributed by atoms with van der Waals surface area (Å²) in [6.07, 6.45) is 1.45. The summed E-state index contributed by atoms with van der Waals surface area (Å²) in [5.74, 6) is -0.201. The monoisotopic (exact) mass is 239 g/mol. The van der Waals surface area contributed by atoms with Crippen LogP contribution in [0.1, 0.15) is 10.4 Å². The summed E-state index contributed by atoms with van der Waals surface area (Å²) in [6, 6.07) is 2.85. The lowest BCUT2D eigenvalue weighted by Crippen LogP contribution is -2.31. The van der Waals surface area contributed by atoms with Crippen molar-refractivity contribution in [2.75, 3.05) is 33.4 Å². The zero-order chi connectivity index (χ0) is 12.7. The lowest BCUT2D eigenvalue weighted by atomic mass is 10.2. The molecule has 0 aliphatic rings. The normalized spacial score (nSPS) is 10.2. The second-order valence-corrected chi connectivity index (χ2v) is 3.57. The van der Waals surface area contributed by atoms with Crippen molar-refractivity contribution < 1.29 is 9.53 Å². The Kier molecular flexibility index (Phi) is 5.38. The Hall–Kier alpha value is -1.66. The van der Waals surface area contributed by atoms with Crippen LogP contribution in [0.15, 0.2) is 23.1 Å². The van der Waals surface area contributed by atoms with Gasteiger partial charge in [0, 0.05) is 38.0 Å². The number of nitrogens with two attached hydrogens (primary N) is 1. The lowest BCUT2D eigenvalue weighted by molar-refractivity contribution is 0.0704. The first-order valence-electron chi connectivity index (χ1n) is 5.37. The Morgan fingerprint density at radius 3 is 2.94 bits per heavy atom. The van der Waals surface area contributed by atoms with Crippen molar-refractivity contribution >= 4 is 5.91 Å². The van der Waals surface area contributed by atoms with Gasteiger partial charge in [0.15, 0.2) is 0 Å². The molecule has 0 saturated carbocycles. The molecule has 1 aromatic heterocycles. The highest BCUT2D eigenvalue weighted by molar-refractivity contribution is 5.93. The third kappa shape index (κ3) is 4.38. The van der Waals surface area contributed by atoms with Gasteiger partial charge in [-0.3, -0.25) is 9.59 Å². The summed E-state index contributed by atoms with van der Waals surface area (Å²) in [7, 11) is 1.66. The topological polar surface area (TPSA) is 88.4 Å². The Morgan fingerprint density at radius 2 is 2.29 bits per heavy atom. The summed E-state index contributed by atoms with van der Waals surface area (Å²) in [4.78, 5) is 26.9. The fraction of sp³-hybridized carbons (Fsp3) is 0.455. The highest BCUT2D eigenvalue weighted by Gasteiger charge is 2.11. The SMILES string of the molecule is CN(CCOCCN)C(=O)c1cc[nH]c(=O)c1. The molecule has 1 rings (SSSR count). The van der Waals surface area contributed by atoms with Crippen molar-refractivity contribution in [3.05, 3.63) is 34.2 Å². The molecule has 0 aliphatic carbocycles. The predicted octanol–water partition coefficient (Wildman–Crippen LogP) is -0.578. The standard InChI is InChI=1S/C11H17N3O3/c1-14(5-7-17-6-3-12)11(16)9-2-4-13-10(15)8-9/h2,4,8H,3,5-7,12H2,1H3,(H,13,15). The number of nitrogens with one attached hydrogen (secondary N) is 1. The maximum Gasteiger partial charge on any atom is 0.253 e. The highest BCUT2D eigenvalue weighted by atomic mass is 16.5. The second kappa shape index (κ2) is 6.82. The Labute approximate surface area is 99.4 Å². The molecule has 0 fully saturated rings. The molecule has 17 heavy (non-hydrogen) atoms. The number of amides is 1. The predicted molar refractivity (Wildman–Crippen MR) is 63.9 cm³/mol. The van der Waals surface area contributed by atoms with Crippen molar-refractivity contribution in [3.8, 4) is 0 Å². The molecule has 3 N–H and O–H groups in total. The van der Waals surface area contributed by atoms with Gasteiger partial charge in [-0.15, -0.1) is 0 Å². The first-order chi connectivity index (χ1) is 8.15. The number of hydrogen-bond donors (Lipinski definition) is 2. The van der Waals surface area contributed by atoms with Crippen LogP contribution in [0, 0.1) is 0 Å². The number of ether oxygens (including phenoxy) is 1. The van der Waals surface area contributed by atoms with Gasteiger partial charge in [-0.2, -0.15) is 0 Å². The van der Waals surface area contributed by atoms with Crippen LogP contribution in [0.25, 0.3) is 0 Å². The molecule has 0 aliphatic heterocycles. The first kappa shape index (κ1) is 13.4. The van der Waals surface area contributed by atoms with Gasteiger partial charge >= 0.3 is 0 Å². The van der Waals surface area contributed by atoms with E-state index in [9.17, 15) is 9.59 Å². The molecule has 0 aromatic carbocycles. The number of carbonyl (C=O) groups is 1. The summed E-state index contributed by atoms with van der Waals surface area (Å²) in [5, 5.41) is 0. The van der Waals surface area contributed by atoms with Crippen LogP contribution in [0.5, 0.6) is 0 Å². The van der Waals surface area contributed by atoms with Gasteiger partial charge in [-0.1, -0.05) is 0 Å². The van der Waals surface area contributed by atoms with Gasteiger partial charge in [0.05, 0.1) is 13.2 Å². The van der Waals surface area contributed by atoms with E-state index in [2.05, 4.69) is 4.98 Å². The third-order valence-corrected chi connectivity index (χ3v) is 2.20. The van der Waals surface area contributed by atoms with Gasteiger partial charge < -0.3 is 20.4 Å². The van der Waals surface area contributed by atoms with Crippen LogP contribution >= 0.6 is 0 Å². The zero-order valence-corrected chi connectivity index (χ0v) is 9.81. The summed E-state index contributed by atoms with van der Waals surface area (Å²) in [6.45, 7) is 1.84. The largest absolute Gasteiger partial charge is 0.378 e. The van der Waals surface area contributed by atoms with Crippen molar-refractivity contribution in [2.45, 2.75) is 0 Å². The van der Waals surface area contributed by atoms with Gasteiger partial charge in [0.25, 0.3) is 5.91 Å². The van der Waals surface area contributed by atoms with E-state index in [4.69, 9.17) is 10.5 Å². The molecular weight excluding hydrogens is 222 g/mol. The summed E-state index contributed by atoms with van der Waals surface area (Å²) in [5.41, 5.74) is 5.35. The number of hydrogen-bond acceptors (Lipinski definition) is 4. The summed E-state index contributed by atoms with van der Waals surface area (Å²) < 4.78 is 5.18. The smallest absolute Gasteiger partial charge is 0.253 e. The van der Waals surface area contributed by atoms with Crippen LogP contribution in [-0.2, 0) is 4.74 Å². The van der Waals surface area contributed by atoms with E-state index in [1.54, 1.807) is 13.1 Å². The average Bonchev–Trinajstić information content (AvgIpc) is 2.33. The number of likely N-dealkylation sites (N-methyl/N-ethyl adjacent to an activating group) is 1. The third-order valence-electron chi connectivity index (χ3n) is 2.20. The number of carbonyl (C=O) groups excluding carboxylic acids is 1. The molecule has 0 bridgehead atoms. The van der Waals surface area contributed by atoms with Crippen LogP contribution in [0.3, 0.4) is 0 Å². The summed E-state index contributed by atoms with van der Waals surface area (Å²) >= 11 is 0. The number of aromatic amines is 1. The van der Waals surface area contributed by atoms with Crippen LogP contribution in [0.4, 0.5) is 0 Å². The fourth-order valence-corrected chi connectivity index (χ4v) is 1.29. The number of nitrogens with zero attached hydrogens (tertiary/aromatic N) is 1. The van der Waals surface area contributed by atoms with E-state index < -0.39 is 0 Å². The van der Waals surface area contributed by atoms with Crippen molar-refractivity contribution in [1.29, 1.82) is 0 Å². The van der Waals surface area contributed by atoms with Gasteiger partial charge in [-0.05, 0) is 6.07 Å². The molecule has 0 spiro atoms. The highest BCUT2D eigenvalue weighted by Crippen LogP contribution is 1.99. The Bertz CT molecular complexity index is 416. The fourth-order valence-electron chi connectivity index (χ4n) is 1.29. The van der Waals surface area contributed by atoms with Crippen LogP contribution in [-0.4, -0.2) is 49.1 Å². The minimum atomic E-state index is -0.288. The molecule has 0 radical (unpaired) electrons. The molecule has 6 heteroatoms. The van der Waals surface area contributed by atoms with Gasteiger partial charge in [0.2, 0.25) is 5.56 Å². The molecule has 0 saturated heterocycles. The molecular formula is C11H17N3O3. The molecule has 1 heterocycles. The van der Waals surface area contributed by atoms with Crippen molar-refractivity contribution in [2.24, 2.45) is 5.73 Å². The van der Waals surface area contributed by atoms with E-state index in [0.717, 1.165) is 0 Å².